The molecule has 0 aliphatic carbocycles. The number of hydrogen-bond donors (Lipinski definition) is 0. The number of nitrogens with zero attached hydrogens (tertiary/aromatic N) is 5. The van der Waals surface area contributed by atoms with Gasteiger partial charge in [-0.3, -0.25) is 0 Å². The van der Waals surface area contributed by atoms with E-state index in [-0.39, 0.29) is 0 Å². The Balaban J connectivity index is 2.14. The van der Waals surface area contributed by atoms with Crippen molar-refractivity contribution in [3.05, 3.63) is 47.5 Å². The molecular formula is C14H9ClF3N5O. The van der Waals surface area contributed by atoms with Crippen molar-refractivity contribution in [3.63, 3.8) is 0 Å². The molecule has 0 saturated heterocycles. The number of benzene rings is 1. The van der Waals surface area contributed by atoms with Crippen LogP contribution in [0.25, 0.3) is 16.9 Å². The lowest BCUT2D eigenvalue weighted by molar-refractivity contribution is -0.141. The second-order valence-corrected chi connectivity index (χ2v) is 5.09. The third-order valence-electron chi connectivity index (χ3n) is 3.12. The largest absolute Gasteiger partial charge is 0.481 e. The molecule has 0 saturated carbocycles. The van der Waals surface area contributed by atoms with Crippen molar-refractivity contribution in [1.29, 1.82) is 0 Å². The topological polar surface area (TPSA) is 65.7 Å². The smallest absolute Gasteiger partial charge is 0.436 e. The van der Waals surface area contributed by atoms with Crippen LogP contribution in [0, 0.1) is 0 Å². The number of hydrogen-bond acceptors (Lipinski definition) is 5. The predicted octanol–water partition coefficient (Wildman–Crippen LogP) is 3.41. The summed E-state index contributed by atoms with van der Waals surface area (Å²) in [6.07, 6.45) is -2.50. The minimum Gasteiger partial charge on any atom is -0.481 e. The van der Waals surface area contributed by atoms with Gasteiger partial charge in [0.15, 0.2) is 5.69 Å². The molecule has 1 aromatic carbocycles. The van der Waals surface area contributed by atoms with Crippen LogP contribution in [-0.4, -0.2) is 32.1 Å². The summed E-state index contributed by atoms with van der Waals surface area (Å²) in [7, 11) is 1.44. The van der Waals surface area contributed by atoms with Crippen LogP contribution in [0.3, 0.4) is 0 Å². The second kappa shape index (κ2) is 6.08. The molecule has 0 unspecified atom stereocenters. The maximum atomic E-state index is 12.7. The van der Waals surface area contributed by atoms with Crippen LogP contribution in [0.5, 0.6) is 5.88 Å². The van der Waals surface area contributed by atoms with Crippen molar-refractivity contribution >= 4 is 11.6 Å². The Labute approximate surface area is 138 Å². The first-order valence-electron chi connectivity index (χ1n) is 6.54. The molecule has 0 radical (unpaired) electrons. The first-order chi connectivity index (χ1) is 11.4. The van der Waals surface area contributed by atoms with Gasteiger partial charge in [0.25, 0.3) is 0 Å². The highest BCUT2D eigenvalue weighted by molar-refractivity contribution is 6.31. The second-order valence-electron chi connectivity index (χ2n) is 4.65. The average Bonchev–Trinajstić information content (AvgIpc) is 3.05. The number of alkyl halides is 3. The molecule has 0 N–H and O–H groups in total. The van der Waals surface area contributed by atoms with Gasteiger partial charge in [0.2, 0.25) is 5.88 Å². The zero-order chi connectivity index (χ0) is 17.3. The molecule has 0 spiro atoms. The summed E-state index contributed by atoms with van der Waals surface area (Å²) in [6.45, 7) is 0. The van der Waals surface area contributed by atoms with Crippen molar-refractivity contribution in [3.8, 4) is 22.8 Å². The van der Waals surface area contributed by atoms with Crippen molar-refractivity contribution < 1.29 is 17.9 Å². The SMILES string of the molecule is COc1cc(-c2cc(Cl)ccc2-n2cc(C(F)(F)F)nn2)ncn1. The monoisotopic (exact) mass is 355 g/mol. The molecule has 0 aliphatic rings. The van der Waals surface area contributed by atoms with Gasteiger partial charge in [0.05, 0.1) is 24.7 Å². The van der Waals surface area contributed by atoms with E-state index in [9.17, 15) is 13.2 Å². The van der Waals surface area contributed by atoms with E-state index < -0.39 is 11.9 Å². The van der Waals surface area contributed by atoms with Crippen molar-refractivity contribution in [2.75, 3.05) is 7.11 Å². The molecule has 0 bridgehead atoms. The molecule has 24 heavy (non-hydrogen) atoms. The van der Waals surface area contributed by atoms with E-state index in [0.29, 0.717) is 27.8 Å². The Bertz CT molecular complexity index is 881. The van der Waals surface area contributed by atoms with E-state index in [1.807, 2.05) is 0 Å². The molecule has 3 rings (SSSR count). The fourth-order valence-electron chi connectivity index (χ4n) is 2.02. The van der Waals surface area contributed by atoms with Crippen LogP contribution in [0.2, 0.25) is 5.02 Å². The van der Waals surface area contributed by atoms with Gasteiger partial charge in [0, 0.05) is 16.7 Å². The molecule has 0 amide bonds. The van der Waals surface area contributed by atoms with E-state index in [0.717, 1.165) is 10.9 Å². The number of halogens is 4. The summed E-state index contributed by atoms with van der Waals surface area (Å²) < 4.78 is 44.2. The van der Waals surface area contributed by atoms with E-state index in [4.69, 9.17) is 16.3 Å². The van der Waals surface area contributed by atoms with E-state index in [1.165, 1.54) is 31.6 Å². The van der Waals surface area contributed by atoms with E-state index >= 15 is 0 Å². The van der Waals surface area contributed by atoms with Gasteiger partial charge >= 0.3 is 6.18 Å². The highest BCUT2D eigenvalue weighted by Gasteiger charge is 2.34. The number of methoxy groups -OCH3 is 1. The van der Waals surface area contributed by atoms with Crippen LogP contribution in [0.15, 0.2) is 36.8 Å². The zero-order valence-corrected chi connectivity index (χ0v) is 12.9. The van der Waals surface area contributed by atoms with Gasteiger partial charge in [-0.15, -0.1) is 5.10 Å². The van der Waals surface area contributed by atoms with Crippen LogP contribution in [-0.2, 0) is 6.18 Å². The molecular weight excluding hydrogens is 347 g/mol. The molecule has 0 aliphatic heterocycles. The molecule has 6 nitrogen and oxygen atoms in total. The molecule has 2 aromatic heterocycles. The highest BCUT2D eigenvalue weighted by atomic mass is 35.5. The quantitative estimate of drug-likeness (QED) is 0.720. The number of rotatable bonds is 3. The van der Waals surface area contributed by atoms with Crippen LogP contribution >= 0.6 is 11.6 Å². The van der Waals surface area contributed by atoms with Crippen LogP contribution in [0.1, 0.15) is 5.69 Å². The van der Waals surface area contributed by atoms with Gasteiger partial charge < -0.3 is 4.74 Å². The lowest BCUT2D eigenvalue weighted by Crippen LogP contribution is -2.05. The van der Waals surface area contributed by atoms with Crippen LogP contribution < -0.4 is 4.74 Å². The Morgan fingerprint density at radius 2 is 1.96 bits per heavy atom. The first kappa shape index (κ1) is 16.2. The Morgan fingerprint density at radius 3 is 2.62 bits per heavy atom. The minimum absolute atomic E-state index is 0.306. The van der Waals surface area contributed by atoms with Gasteiger partial charge in [-0.05, 0) is 18.2 Å². The van der Waals surface area contributed by atoms with E-state index in [2.05, 4.69) is 20.3 Å². The summed E-state index contributed by atoms with van der Waals surface area (Å²) in [5, 5.41) is 7.08. The zero-order valence-electron chi connectivity index (χ0n) is 12.1. The van der Waals surface area contributed by atoms with Gasteiger partial charge in [-0.2, -0.15) is 13.2 Å². The van der Waals surface area contributed by atoms with Crippen molar-refractivity contribution in [2.45, 2.75) is 6.18 Å². The van der Waals surface area contributed by atoms with Crippen molar-refractivity contribution in [2.24, 2.45) is 0 Å². The Hall–Kier alpha value is -2.68. The van der Waals surface area contributed by atoms with E-state index in [1.54, 1.807) is 6.07 Å². The molecule has 2 heterocycles. The van der Waals surface area contributed by atoms with Gasteiger partial charge in [-0.25, -0.2) is 14.6 Å². The lowest BCUT2D eigenvalue weighted by Gasteiger charge is -2.10. The number of aromatic nitrogens is 5. The Morgan fingerprint density at radius 1 is 1.17 bits per heavy atom. The fraction of sp³-hybridized carbons (Fsp3) is 0.143. The molecule has 0 atom stereocenters. The van der Waals surface area contributed by atoms with Gasteiger partial charge in [-0.1, -0.05) is 16.8 Å². The van der Waals surface area contributed by atoms with Crippen LogP contribution in [0.4, 0.5) is 13.2 Å². The summed E-state index contributed by atoms with van der Waals surface area (Å²) in [4.78, 5) is 8.00. The first-order valence-corrected chi connectivity index (χ1v) is 6.92. The molecule has 0 fully saturated rings. The molecule has 3 aromatic rings. The normalized spacial score (nSPS) is 11.5. The third-order valence-corrected chi connectivity index (χ3v) is 3.35. The molecule has 124 valence electrons. The highest BCUT2D eigenvalue weighted by Crippen LogP contribution is 2.31. The summed E-state index contributed by atoms with van der Waals surface area (Å²) in [6, 6.07) is 6.17. The molecule has 10 heteroatoms. The minimum atomic E-state index is -4.58. The average molecular weight is 356 g/mol. The summed E-state index contributed by atoms with van der Waals surface area (Å²) >= 11 is 6.01. The summed E-state index contributed by atoms with van der Waals surface area (Å²) in [5.41, 5.74) is 0.122. The Kier molecular flexibility index (Phi) is 4.10. The van der Waals surface area contributed by atoms with Crippen molar-refractivity contribution in [1.82, 2.24) is 25.0 Å². The lowest BCUT2D eigenvalue weighted by atomic mass is 10.1. The fourth-order valence-corrected chi connectivity index (χ4v) is 2.20. The third kappa shape index (κ3) is 3.16. The standard InChI is InChI=1S/C14H9ClF3N5O/c1-24-13-5-10(19-7-20-13)9-4-8(15)2-3-11(9)23-6-12(21-22-23)14(16,17)18/h2-7H,1H3. The predicted molar refractivity (Wildman–Crippen MR) is 78.9 cm³/mol. The van der Waals surface area contributed by atoms with Gasteiger partial charge in [0.1, 0.15) is 6.33 Å². The maximum absolute atomic E-state index is 12.7. The summed E-state index contributed by atoms with van der Waals surface area (Å²) in [5.74, 6) is 0.306. The maximum Gasteiger partial charge on any atom is 0.436 e. The number of ether oxygens (including phenoxy) is 1.